The maximum absolute atomic E-state index is 11.3. The zero-order valence-corrected chi connectivity index (χ0v) is 12.4. The standard InChI is InChI=1S/C15H12ClN3O3/c1-2-19-7-11(15(20)21)10-4-3-9(5-12(10)19)22-14-6-13(16)17-8-18-14/h3-8H,2H2,1H3,(H,20,21). The fourth-order valence-corrected chi connectivity index (χ4v) is 2.40. The zero-order chi connectivity index (χ0) is 15.7. The molecule has 0 aliphatic heterocycles. The fraction of sp³-hybridized carbons (Fsp3) is 0.133. The van der Waals surface area contributed by atoms with Crippen LogP contribution in [0.4, 0.5) is 0 Å². The minimum Gasteiger partial charge on any atom is -0.478 e. The highest BCUT2D eigenvalue weighted by Crippen LogP contribution is 2.28. The van der Waals surface area contributed by atoms with Crippen molar-refractivity contribution < 1.29 is 14.6 Å². The van der Waals surface area contributed by atoms with Gasteiger partial charge in [-0.25, -0.2) is 14.8 Å². The van der Waals surface area contributed by atoms with Crippen LogP contribution in [0.15, 0.2) is 36.8 Å². The number of halogens is 1. The summed E-state index contributed by atoms with van der Waals surface area (Å²) in [4.78, 5) is 19.0. The Labute approximate surface area is 130 Å². The van der Waals surface area contributed by atoms with Crippen molar-refractivity contribution in [2.45, 2.75) is 13.5 Å². The number of carboxylic acid groups (broad SMARTS) is 1. The number of ether oxygens (including phenoxy) is 1. The molecule has 0 radical (unpaired) electrons. The second-order valence-electron chi connectivity index (χ2n) is 4.59. The Hall–Kier alpha value is -2.60. The Kier molecular flexibility index (Phi) is 3.68. The Balaban J connectivity index is 2.04. The van der Waals surface area contributed by atoms with Crippen LogP contribution in [0, 0.1) is 0 Å². The van der Waals surface area contributed by atoms with Gasteiger partial charge in [-0.15, -0.1) is 0 Å². The average Bonchev–Trinajstić information content (AvgIpc) is 2.85. The van der Waals surface area contributed by atoms with E-state index in [1.165, 1.54) is 12.4 Å². The number of benzene rings is 1. The zero-order valence-electron chi connectivity index (χ0n) is 11.7. The van der Waals surface area contributed by atoms with Crippen LogP contribution in [0.2, 0.25) is 5.15 Å². The van der Waals surface area contributed by atoms with Gasteiger partial charge in [0.05, 0.1) is 11.1 Å². The molecule has 0 atom stereocenters. The van der Waals surface area contributed by atoms with E-state index in [-0.39, 0.29) is 10.7 Å². The highest BCUT2D eigenvalue weighted by molar-refractivity contribution is 6.29. The lowest BCUT2D eigenvalue weighted by Crippen LogP contribution is -1.94. The topological polar surface area (TPSA) is 77.2 Å². The number of hydrogen-bond acceptors (Lipinski definition) is 4. The molecule has 0 bridgehead atoms. The molecule has 0 aliphatic rings. The van der Waals surface area contributed by atoms with Gasteiger partial charge in [-0.1, -0.05) is 11.6 Å². The third-order valence-electron chi connectivity index (χ3n) is 3.26. The van der Waals surface area contributed by atoms with E-state index < -0.39 is 5.97 Å². The molecule has 2 heterocycles. The lowest BCUT2D eigenvalue weighted by Gasteiger charge is -2.06. The number of aromatic nitrogens is 3. The van der Waals surface area contributed by atoms with Gasteiger partial charge in [-0.3, -0.25) is 0 Å². The summed E-state index contributed by atoms with van der Waals surface area (Å²) in [6, 6.07) is 6.71. The number of nitrogens with zero attached hydrogens (tertiary/aromatic N) is 3. The van der Waals surface area contributed by atoms with E-state index in [1.807, 2.05) is 11.5 Å². The minimum absolute atomic E-state index is 0.272. The molecule has 0 saturated carbocycles. The van der Waals surface area contributed by atoms with Gasteiger partial charge in [-0.2, -0.15) is 0 Å². The molecule has 2 aromatic heterocycles. The van der Waals surface area contributed by atoms with Crippen LogP contribution in [0.3, 0.4) is 0 Å². The molecule has 0 aliphatic carbocycles. The normalized spacial score (nSPS) is 10.8. The number of hydrogen-bond donors (Lipinski definition) is 1. The maximum atomic E-state index is 11.3. The molecule has 0 saturated heterocycles. The fourth-order valence-electron chi connectivity index (χ4n) is 2.26. The van der Waals surface area contributed by atoms with Crippen molar-refractivity contribution in [2.24, 2.45) is 0 Å². The summed E-state index contributed by atoms with van der Waals surface area (Å²) < 4.78 is 7.50. The second kappa shape index (κ2) is 5.65. The van der Waals surface area contributed by atoms with Crippen LogP contribution < -0.4 is 4.74 Å². The van der Waals surface area contributed by atoms with Crippen molar-refractivity contribution in [3.8, 4) is 11.6 Å². The third kappa shape index (κ3) is 2.60. The smallest absolute Gasteiger partial charge is 0.337 e. The summed E-state index contributed by atoms with van der Waals surface area (Å²) in [7, 11) is 0. The van der Waals surface area contributed by atoms with Gasteiger partial charge in [0.25, 0.3) is 0 Å². The van der Waals surface area contributed by atoms with Gasteiger partial charge in [0.15, 0.2) is 0 Å². The van der Waals surface area contributed by atoms with Crippen LogP contribution in [0.1, 0.15) is 17.3 Å². The highest BCUT2D eigenvalue weighted by Gasteiger charge is 2.14. The molecule has 1 aromatic carbocycles. The van der Waals surface area contributed by atoms with E-state index in [9.17, 15) is 9.90 Å². The summed E-state index contributed by atoms with van der Waals surface area (Å²) in [5, 5.41) is 10.2. The van der Waals surface area contributed by atoms with Gasteiger partial charge >= 0.3 is 5.97 Å². The van der Waals surface area contributed by atoms with Gasteiger partial charge in [0, 0.05) is 30.3 Å². The molecular formula is C15H12ClN3O3. The van der Waals surface area contributed by atoms with E-state index >= 15 is 0 Å². The lowest BCUT2D eigenvalue weighted by molar-refractivity contribution is 0.0699. The number of fused-ring (bicyclic) bond motifs is 1. The van der Waals surface area contributed by atoms with Crippen LogP contribution in [-0.2, 0) is 6.54 Å². The Bertz CT molecular complexity index is 860. The Morgan fingerprint density at radius 2 is 2.18 bits per heavy atom. The number of aryl methyl sites for hydroxylation is 1. The Morgan fingerprint density at radius 1 is 1.36 bits per heavy atom. The van der Waals surface area contributed by atoms with Crippen molar-refractivity contribution in [2.75, 3.05) is 0 Å². The first kappa shape index (κ1) is 14.3. The van der Waals surface area contributed by atoms with Crippen LogP contribution in [-0.4, -0.2) is 25.6 Å². The first-order chi connectivity index (χ1) is 10.6. The molecule has 0 spiro atoms. The van der Waals surface area contributed by atoms with Gasteiger partial charge < -0.3 is 14.4 Å². The first-order valence-corrected chi connectivity index (χ1v) is 6.98. The van der Waals surface area contributed by atoms with Crippen LogP contribution in [0.5, 0.6) is 11.6 Å². The maximum Gasteiger partial charge on any atom is 0.337 e. The summed E-state index contributed by atoms with van der Waals surface area (Å²) >= 11 is 5.79. The second-order valence-corrected chi connectivity index (χ2v) is 4.98. The van der Waals surface area contributed by atoms with Crippen molar-refractivity contribution in [3.05, 3.63) is 47.5 Å². The van der Waals surface area contributed by atoms with Crippen molar-refractivity contribution in [1.82, 2.24) is 14.5 Å². The molecule has 1 N–H and O–H groups in total. The predicted molar refractivity (Wildman–Crippen MR) is 81.7 cm³/mol. The molecule has 6 nitrogen and oxygen atoms in total. The minimum atomic E-state index is -0.951. The van der Waals surface area contributed by atoms with Gasteiger partial charge in [-0.05, 0) is 19.1 Å². The van der Waals surface area contributed by atoms with Crippen molar-refractivity contribution in [3.63, 3.8) is 0 Å². The monoisotopic (exact) mass is 317 g/mol. The summed E-state index contributed by atoms with van der Waals surface area (Å²) in [6.45, 7) is 2.61. The SMILES string of the molecule is CCn1cc(C(=O)O)c2ccc(Oc3cc(Cl)ncn3)cc21. The molecular weight excluding hydrogens is 306 g/mol. The van der Waals surface area contributed by atoms with Crippen LogP contribution >= 0.6 is 11.6 Å². The molecule has 3 rings (SSSR count). The molecule has 7 heteroatoms. The Morgan fingerprint density at radius 3 is 2.86 bits per heavy atom. The molecule has 0 unspecified atom stereocenters. The van der Waals surface area contributed by atoms with Gasteiger partial charge in [0.2, 0.25) is 5.88 Å². The van der Waals surface area contributed by atoms with Crippen molar-refractivity contribution >= 4 is 28.5 Å². The van der Waals surface area contributed by atoms with Gasteiger partial charge in [0.1, 0.15) is 17.2 Å². The quantitative estimate of drug-likeness (QED) is 0.744. The highest BCUT2D eigenvalue weighted by atomic mass is 35.5. The summed E-state index contributed by atoms with van der Waals surface area (Å²) in [5.41, 5.74) is 1.06. The van der Waals surface area contributed by atoms with E-state index in [1.54, 1.807) is 24.4 Å². The molecule has 22 heavy (non-hydrogen) atoms. The van der Waals surface area contributed by atoms with E-state index in [2.05, 4.69) is 9.97 Å². The van der Waals surface area contributed by atoms with E-state index in [0.29, 0.717) is 23.6 Å². The number of carboxylic acids is 1. The van der Waals surface area contributed by atoms with E-state index in [0.717, 1.165) is 5.52 Å². The average molecular weight is 318 g/mol. The largest absolute Gasteiger partial charge is 0.478 e. The summed E-state index contributed by atoms with van der Waals surface area (Å²) in [5.74, 6) is -0.0760. The van der Waals surface area contributed by atoms with Crippen LogP contribution in [0.25, 0.3) is 10.9 Å². The third-order valence-corrected chi connectivity index (χ3v) is 3.46. The predicted octanol–water partition coefficient (Wildman–Crippen LogP) is 3.60. The molecule has 112 valence electrons. The molecule has 0 amide bonds. The first-order valence-electron chi connectivity index (χ1n) is 6.60. The number of aromatic carboxylic acids is 1. The molecule has 0 fully saturated rings. The summed E-state index contributed by atoms with van der Waals surface area (Å²) in [6.07, 6.45) is 2.94. The molecule has 3 aromatic rings. The lowest BCUT2D eigenvalue weighted by atomic mass is 10.2. The van der Waals surface area contributed by atoms with E-state index in [4.69, 9.17) is 16.3 Å². The number of rotatable bonds is 4. The van der Waals surface area contributed by atoms with Crippen molar-refractivity contribution in [1.29, 1.82) is 0 Å². The number of carbonyl (C=O) groups is 1.